The topological polar surface area (TPSA) is 17.1 Å². The first-order valence-corrected chi connectivity index (χ1v) is 3.39. The van der Waals surface area contributed by atoms with Crippen LogP contribution >= 0.6 is 0 Å². The summed E-state index contributed by atoms with van der Waals surface area (Å²) in [4.78, 5) is 10.1. The predicted molar refractivity (Wildman–Crippen MR) is 40.5 cm³/mol. The molecule has 0 saturated carbocycles. The number of halogens is 4. The molecular formula is C7H4BF4O-. The molecule has 6 heteroatoms. The minimum atomic E-state index is -5.25. The van der Waals surface area contributed by atoms with E-state index in [0.717, 1.165) is 6.07 Å². The van der Waals surface area contributed by atoms with Gasteiger partial charge in [0.05, 0.1) is 0 Å². The lowest BCUT2D eigenvalue weighted by Gasteiger charge is -2.14. The molecule has 1 aromatic rings. The van der Waals surface area contributed by atoms with Crippen LogP contribution < -0.4 is 5.46 Å². The Kier molecular flexibility index (Phi) is 2.40. The largest absolute Gasteiger partial charge is 0.509 e. The number of carbonyl (C=O) groups excluding carboxylic acids is 1. The quantitative estimate of drug-likeness (QED) is 0.394. The molecule has 1 aromatic carbocycles. The molecule has 70 valence electrons. The first-order valence-electron chi connectivity index (χ1n) is 3.39. The molecule has 1 rings (SSSR count). The lowest BCUT2D eigenvalue weighted by atomic mass is 9.79. The second-order valence-electron chi connectivity index (χ2n) is 2.51. The normalized spacial score (nSPS) is 11.4. The average molecular weight is 191 g/mol. The summed E-state index contributed by atoms with van der Waals surface area (Å²) in [6.45, 7) is -5.25. The van der Waals surface area contributed by atoms with Crippen LogP contribution in [0.1, 0.15) is 10.4 Å². The fourth-order valence-corrected chi connectivity index (χ4v) is 0.893. The standard InChI is InChI=1S/C7H4BF4O/c9-7-2-5(4-13)1-6(3-7)8(10,11)12/h1-4H/q-1. The number of aldehydes is 1. The van der Waals surface area contributed by atoms with Crippen molar-refractivity contribution in [3.63, 3.8) is 0 Å². The molecule has 0 aromatic heterocycles. The zero-order valence-corrected chi connectivity index (χ0v) is 6.31. The van der Waals surface area contributed by atoms with Gasteiger partial charge in [0.2, 0.25) is 0 Å². The fraction of sp³-hybridized carbons (Fsp3) is 0. The summed E-state index contributed by atoms with van der Waals surface area (Å²) in [7, 11) is 0. The smallest absolute Gasteiger partial charge is 0.445 e. The summed E-state index contributed by atoms with van der Waals surface area (Å²) < 4.78 is 48.7. The Morgan fingerprint density at radius 1 is 1.15 bits per heavy atom. The van der Waals surface area contributed by atoms with E-state index in [0.29, 0.717) is 12.1 Å². The second kappa shape index (κ2) is 3.20. The Bertz CT molecular complexity index is 334. The minimum absolute atomic E-state index is 0.175. The van der Waals surface area contributed by atoms with Crippen molar-refractivity contribution in [1.29, 1.82) is 0 Å². The molecule has 0 N–H and O–H groups in total. The molecule has 0 aliphatic rings. The van der Waals surface area contributed by atoms with Crippen LogP contribution in [0.4, 0.5) is 17.3 Å². The van der Waals surface area contributed by atoms with Crippen LogP contribution in [0, 0.1) is 5.82 Å². The minimum Gasteiger partial charge on any atom is -0.445 e. The van der Waals surface area contributed by atoms with E-state index in [1.165, 1.54) is 0 Å². The van der Waals surface area contributed by atoms with Gasteiger partial charge in [-0.15, -0.1) is 5.46 Å². The van der Waals surface area contributed by atoms with Crippen LogP contribution in [-0.4, -0.2) is 13.3 Å². The number of hydrogen-bond acceptors (Lipinski definition) is 1. The summed E-state index contributed by atoms with van der Waals surface area (Å²) >= 11 is 0. The average Bonchev–Trinajstić information content (AvgIpc) is 2.01. The maximum Gasteiger partial charge on any atom is 0.509 e. The highest BCUT2D eigenvalue weighted by Crippen LogP contribution is 2.11. The van der Waals surface area contributed by atoms with Crippen molar-refractivity contribution >= 4 is 18.7 Å². The zero-order valence-electron chi connectivity index (χ0n) is 6.31. The summed E-state index contributed by atoms with van der Waals surface area (Å²) in [6.07, 6.45) is 0.175. The van der Waals surface area contributed by atoms with Gasteiger partial charge in [0.25, 0.3) is 0 Å². The van der Waals surface area contributed by atoms with E-state index in [2.05, 4.69) is 0 Å². The molecule has 0 aliphatic carbocycles. The third-order valence-electron chi connectivity index (χ3n) is 1.46. The molecule has 0 unspecified atom stereocenters. The first-order chi connectivity index (χ1) is 5.93. The van der Waals surface area contributed by atoms with Gasteiger partial charge >= 0.3 is 6.98 Å². The molecule has 0 spiro atoms. The van der Waals surface area contributed by atoms with Gasteiger partial charge in [0, 0.05) is 5.56 Å². The highest BCUT2D eigenvalue weighted by Gasteiger charge is 2.26. The summed E-state index contributed by atoms with van der Waals surface area (Å²) in [5.74, 6) is -1.06. The van der Waals surface area contributed by atoms with Crippen molar-refractivity contribution in [3.05, 3.63) is 29.6 Å². The third kappa shape index (κ3) is 2.30. The highest BCUT2D eigenvalue weighted by atomic mass is 19.4. The van der Waals surface area contributed by atoms with Crippen molar-refractivity contribution in [2.75, 3.05) is 0 Å². The van der Waals surface area contributed by atoms with Gasteiger partial charge in [-0.2, -0.15) is 0 Å². The van der Waals surface area contributed by atoms with Gasteiger partial charge in [0.15, 0.2) is 0 Å². The molecule has 13 heavy (non-hydrogen) atoms. The summed E-state index contributed by atoms with van der Waals surface area (Å²) in [6, 6.07) is 1.74. The van der Waals surface area contributed by atoms with E-state index in [1.807, 2.05) is 0 Å². The highest BCUT2D eigenvalue weighted by molar-refractivity contribution is 6.73. The monoisotopic (exact) mass is 191 g/mol. The van der Waals surface area contributed by atoms with E-state index in [-0.39, 0.29) is 11.8 Å². The van der Waals surface area contributed by atoms with E-state index in [4.69, 9.17) is 0 Å². The molecule has 0 atom stereocenters. The van der Waals surface area contributed by atoms with Gasteiger partial charge in [-0.1, -0.05) is 12.1 Å². The third-order valence-corrected chi connectivity index (χ3v) is 1.46. The van der Waals surface area contributed by atoms with Crippen LogP contribution in [0.2, 0.25) is 0 Å². The molecule has 0 heterocycles. The van der Waals surface area contributed by atoms with Crippen LogP contribution in [0.5, 0.6) is 0 Å². The molecule has 0 amide bonds. The van der Waals surface area contributed by atoms with Gasteiger partial charge in [-0.25, -0.2) is 4.39 Å². The molecule has 0 bridgehead atoms. The Labute approximate surface area is 71.4 Å². The van der Waals surface area contributed by atoms with Crippen LogP contribution in [0.25, 0.3) is 0 Å². The van der Waals surface area contributed by atoms with Crippen LogP contribution in [-0.2, 0) is 0 Å². The van der Waals surface area contributed by atoms with Crippen LogP contribution in [0.3, 0.4) is 0 Å². The summed E-state index contributed by atoms with van der Waals surface area (Å²) in [5, 5.41) is 0. The van der Waals surface area contributed by atoms with Crippen LogP contribution in [0.15, 0.2) is 18.2 Å². The van der Waals surface area contributed by atoms with Gasteiger partial charge in [-0.05, 0) is 6.07 Å². The lowest BCUT2D eigenvalue weighted by Crippen LogP contribution is -2.34. The number of benzene rings is 1. The van der Waals surface area contributed by atoms with E-state index in [9.17, 15) is 22.1 Å². The number of rotatable bonds is 2. The Morgan fingerprint density at radius 3 is 2.23 bits per heavy atom. The lowest BCUT2D eigenvalue weighted by molar-refractivity contribution is 0.112. The van der Waals surface area contributed by atoms with Gasteiger partial charge in [0.1, 0.15) is 12.1 Å². The van der Waals surface area contributed by atoms with E-state index >= 15 is 0 Å². The van der Waals surface area contributed by atoms with Gasteiger partial charge < -0.3 is 12.9 Å². The fourth-order valence-electron chi connectivity index (χ4n) is 0.893. The molecule has 1 nitrogen and oxygen atoms in total. The van der Waals surface area contributed by atoms with Crippen molar-refractivity contribution in [2.24, 2.45) is 0 Å². The number of hydrogen-bond donors (Lipinski definition) is 0. The first kappa shape index (κ1) is 9.76. The SMILES string of the molecule is O=Cc1cc(F)cc([B-](F)(F)F)c1. The van der Waals surface area contributed by atoms with Crippen molar-refractivity contribution in [3.8, 4) is 0 Å². The zero-order chi connectivity index (χ0) is 10.1. The van der Waals surface area contributed by atoms with Crippen molar-refractivity contribution in [2.45, 2.75) is 0 Å². The Morgan fingerprint density at radius 2 is 1.77 bits per heavy atom. The molecule has 0 saturated heterocycles. The maximum atomic E-state index is 12.5. The van der Waals surface area contributed by atoms with Crippen molar-refractivity contribution < 1.29 is 22.1 Å². The molecule has 0 fully saturated rings. The predicted octanol–water partition coefficient (Wildman–Crippen LogP) is 1.69. The Balaban J connectivity index is 3.24. The Hall–Kier alpha value is -1.33. The maximum absolute atomic E-state index is 12.5. The number of carbonyl (C=O) groups is 1. The molecule has 0 radical (unpaired) electrons. The molecule has 0 aliphatic heterocycles. The van der Waals surface area contributed by atoms with E-state index < -0.39 is 18.3 Å². The second-order valence-corrected chi connectivity index (χ2v) is 2.51. The van der Waals surface area contributed by atoms with E-state index in [1.54, 1.807) is 0 Å². The van der Waals surface area contributed by atoms with Crippen molar-refractivity contribution in [1.82, 2.24) is 0 Å². The summed E-state index contributed by atoms with van der Waals surface area (Å²) in [5.41, 5.74) is -1.41. The molecular weight excluding hydrogens is 187 g/mol. The van der Waals surface area contributed by atoms with Gasteiger partial charge in [-0.3, -0.25) is 4.79 Å².